The zero-order chi connectivity index (χ0) is 21.9. The van der Waals surface area contributed by atoms with Gasteiger partial charge in [-0.15, -0.1) is 5.10 Å². The normalized spacial score (nSPS) is 12.3. The maximum absolute atomic E-state index is 14.8. The molecule has 0 radical (unpaired) electrons. The lowest BCUT2D eigenvalue weighted by Gasteiger charge is -2.33. The number of nitrogens with one attached hydrogen (secondary N) is 1. The summed E-state index contributed by atoms with van der Waals surface area (Å²) in [6, 6.07) is 11.0. The standard InChI is InChI=1S/C21H20ClFN4O2S/c1-21(2,3)24-19(28)18(15-9-4-5-10-16(15)23)27(14-8-6-7-13(22)11-14)20(29)17-12-30-26-25-17/h4-12,18H,1-3H3,(H,24,28)/t18-/m1/s1. The van der Waals surface area contributed by atoms with E-state index >= 15 is 0 Å². The number of halogens is 2. The van der Waals surface area contributed by atoms with E-state index in [1.807, 2.05) is 0 Å². The van der Waals surface area contributed by atoms with E-state index in [1.54, 1.807) is 45.0 Å². The molecule has 0 saturated carbocycles. The molecule has 9 heteroatoms. The molecule has 6 nitrogen and oxygen atoms in total. The number of hydrogen-bond acceptors (Lipinski definition) is 5. The average Bonchev–Trinajstić information content (AvgIpc) is 3.19. The fourth-order valence-corrected chi connectivity index (χ4v) is 3.54. The first-order chi connectivity index (χ1) is 14.2. The molecule has 0 fully saturated rings. The first-order valence-corrected chi connectivity index (χ1v) is 10.3. The van der Waals surface area contributed by atoms with Crippen molar-refractivity contribution in [3.8, 4) is 0 Å². The molecule has 2 aromatic carbocycles. The number of benzene rings is 2. The highest BCUT2D eigenvalue weighted by atomic mass is 35.5. The second kappa shape index (κ2) is 8.89. The van der Waals surface area contributed by atoms with Crippen molar-refractivity contribution in [1.82, 2.24) is 14.9 Å². The molecule has 0 bridgehead atoms. The minimum absolute atomic E-state index is 0.0462. The zero-order valence-electron chi connectivity index (χ0n) is 16.6. The number of nitrogens with zero attached hydrogens (tertiary/aromatic N) is 3. The Hall–Kier alpha value is -2.84. The minimum Gasteiger partial charge on any atom is -0.349 e. The molecule has 0 aliphatic carbocycles. The third-order valence-corrected chi connectivity index (χ3v) is 4.83. The Morgan fingerprint density at radius 2 is 1.90 bits per heavy atom. The Labute approximate surface area is 182 Å². The van der Waals surface area contributed by atoms with Crippen LogP contribution in [0.5, 0.6) is 0 Å². The van der Waals surface area contributed by atoms with Gasteiger partial charge in [-0.05, 0) is 56.6 Å². The fraction of sp³-hybridized carbons (Fsp3) is 0.238. The molecule has 0 aliphatic rings. The Morgan fingerprint density at radius 1 is 1.17 bits per heavy atom. The smallest absolute Gasteiger partial charge is 0.280 e. The first-order valence-electron chi connectivity index (χ1n) is 9.10. The highest BCUT2D eigenvalue weighted by Gasteiger charge is 2.37. The van der Waals surface area contributed by atoms with Crippen molar-refractivity contribution in [1.29, 1.82) is 0 Å². The van der Waals surface area contributed by atoms with Crippen LogP contribution in [-0.4, -0.2) is 26.9 Å². The van der Waals surface area contributed by atoms with E-state index in [4.69, 9.17) is 11.6 Å². The maximum atomic E-state index is 14.8. The molecule has 0 saturated heterocycles. The van der Waals surface area contributed by atoms with Crippen molar-refractivity contribution in [2.45, 2.75) is 32.4 Å². The summed E-state index contributed by atoms with van der Waals surface area (Å²) in [7, 11) is 0. The highest BCUT2D eigenvalue weighted by molar-refractivity contribution is 7.03. The van der Waals surface area contributed by atoms with Gasteiger partial charge in [-0.25, -0.2) is 4.39 Å². The van der Waals surface area contributed by atoms with Gasteiger partial charge in [0.1, 0.15) is 11.9 Å². The van der Waals surface area contributed by atoms with Gasteiger partial charge in [0.2, 0.25) is 5.91 Å². The number of rotatable bonds is 5. The number of carbonyl (C=O) groups is 2. The van der Waals surface area contributed by atoms with Gasteiger partial charge in [-0.3, -0.25) is 14.5 Å². The van der Waals surface area contributed by atoms with Crippen molar-refractivity contribution >= 4 is 40.6 Å². The van der Waals surface area contributed by atoms with E-state index in [9.17, 15) is 14.0 Å². The second-order valence-corrected chi connectivity index (χ2v) is 8.65. The SMILES string of the molecule is CC(C)(C)NC(=O)[C@@H](c1ccccc1F)N(C(=O)c1csnn1)c1cccc(Cl)c1. The van der Waals surface area contributed by atoms with Crippen molar-refractivity contribution < 1.29 is 14.0 Å². The average molecular weight is 447 g/mol. The molecule has 0 unspecified atom stereocenters. The number of aromatic nitrogens is 2. The van der Waals surface area contributed by atoms with Gasteiger partial charge >= 0.3 is 0 Å². The van der Waals surface area contributed by atoms with Crippen molar-refractivity contribution in [3.63, 3.8) is 0 Å². The minimum atomic E-state index is -1.29. The molecule has 1 heterocycles. The molecule has 0 spiro atoms. The van der Waals surface area contributed by atoms with Crippen LogP contribution in [0, 0.1) is 5.82 Å². The maximum Gasteiger partial charge on any atom is 0.280 e. The van der Waals surface area contributed by atoms with Crippen LogP contribution in [0.3, 0.4) is 0 Å². The lowest BCUT2D eigenvalue weighted by Crippen LogP contribution is -2.49. The summed E-state index contributed by atoms with van der Waals surface area (Å²) in [6.45, 7) is 5.41. The topological polar surface area (TPSA) is 75.2 Å². The van der Waals surface area contributed by atoms with Crippen molar-refractivity contribution in [2.24, 2.45) is 0 Å². The number of anilines is 1. The van der Waals surface area contributed by atoms with Crippen LogP contribution in [0.2, 0.25) is 5.02 Å². The third-order valence-electron chi connectivity index (χ3n) is 4.09. The summed E-state index contributed by atoms with van der Waals surface area (Å²) in [6.07, 6.45) is 0. The van der Waals surface area contributed by atoms with E-state index in [-0.39, 0.29) is 11.3 Å². The molecule has 1 atom stereocenters. The van der Waals surface area contributed by atoms with Gasteiger partial charge in [0.05, 0.1) is 0 Å². The van der Waals surface area contributed by atoms with Gasteiger partial charge in [0.15, 0.2) is 5.69 Å². The lowest BCUT2D eigenvalue weighted by atomic mass is 10.00. The molecule has 156 valence electrons. The largest absolute Gasteiger partial charge is 0.349 e. The molecular weight excluding hydrogens is 427 g/mol. The quantitative estimate of drug-likeness (QED) is 0.619. The van der Waals surface area contributed by atoms with E-state index in [0.29, 0.717) is 10.7 Å². The van der Waals surface area contributed by atoms with Gasteiger partial charge in [-0.2, -0.15) is 0 Å². The number of amides is 2. The van der Waals surface area contributed by atoms with E-state index in [2.05, 4.69) is 14.9 Å². The summed E-state index contributed by atoms with van der Waals surface area (Å²) in [5.74, 6) is -1.74. The van der Waals surface area contributed by atoms with Crippen LogP contribution in [0.4, 0.5) is 10.1 Å². The molecular formula is C21H20ClFN4O2S. The zero-order valence-corrected chi connectivity index (χ0v) is 18.2. The van der Waals surface area contributed by atoms with Crippen LogP contribution >= 0.6 is 23.1 Å². The predicted octanol–water partition coefficient (Wildman–Crippen LogP) is 4.63. The van der Waals surface area contributed by atoms with Crippen LogP contribution in [-0.2, 0) is 4.79 Å². The predicted molar refractivity (Wildman–Crippen MR) is 115 cm³/mol. The summed E-state index contributed by atoms with van der Waals surface area (Å²) in [5, 5.41) is 8.52. The van der Waals surface area contributed by atoms with Crippen LogP contribution in [0.15, 0.2) is 53.9 Å². The third kappa shape index (κ3) is 5.01. The monoisotopic (exact) mass is 446 g/mol. The number of hydrogen-bond donors (Lipinski definition) is 1. The Bertz CT molecular complexity index is 1050. The summed E-state index contributed by atoms with van der Waals surface area (Å²) < 4.78 is 18.6. The van der Waals surface area contributed by atoms with E-state index in [1.165, 1.54) is 34.5 Å². The molecule has 1 N–H and O–H groups in total. The first kappa shape index (κ1) is 21.9. The lowest BCUT2D eigenvalue weighted by molar-refractivity contribution is -0.124. The highest BCUT2D eigenvalue weighted by Crippen LogP contribution is 2.32. The molecule has 2 amide bonds. The molecule has 1 aromatic heterocycles. The Kier molecular flexibility index (Phi) is 6.48. The van der Waals surface area contributed by atoms with Crippen molar-refractivity contribution in [3.05, 3.63) is 76.0 Å². The summed E-state index contributed by atoms with van der Waals surface area (Å²) >= 11 is 7.15. The van der Waals surface area contributed by atoms with Gasteiger partial charge < -0.3 is 5.32 Å². The summed E-state index contributed by atoms with van der Waals surface area (Å²) in [4.78, 5) is 27.9. The van der Waals surface area contributed by atoms with Crippen LogP contribution in [0.1, 0.15) is 42.9 Å². The number of carbonyl (C=O) groups excluding carboxylic acids is 2. The van der Waals surface area contributed by atoms with E-state index < -0.39 is 29.2 Å². The molecule has 3 aromatic rings. The fourth-order valence-electron chi connectivity index (χ4n) is 2.92. The van der Waals surface area contributed by atoms with E-state index in [0.717, 1.165) is 11.5 Å². The van der Waals surface area contributed by atoms with Crippen LogP contribution in [0.25, 0.3) is 0 Å². The summed E-state index contributed by atoms with van der Waals surface area (Å²) in [5.41, 5.74) is -0.176. The second-order valence-electron chi connectivity index (χ2n) is 7.61. The van der Waals surface area contributed by atoms with Gasteiger partial charge in [0, 0.05) is 27.2 Å². The molecule has 30 heavy (non-hydrogen) atoms. The molecule has 0 aliphatic heterocycles. The molecule has 3 rings (SSSR count). The van der Waals surface area contributed by atoms with Crippen LogP contribution < -0.4 is 10.2 Å². The van der Waals surface area contributed by atoms with Gasteiger partial charge in [-0.1, -0.05) is 40.4 Å². The van der Waals surface area contributed by atoms with Gasteiger partial charge in [0.25, 0.3) is 5.91 Å². The van der Waals surface area contributed by atoms with Crippen molar-refractivity contribution in [2.75, 3.05) is 4.90 Å². The Morgan fingerprint density at radius 3 is 2.50 bits per heavy atom. The Balaban J connectivity index is 2.21.